The molecule has 2 aliphatic rings. The van der Waals surface area contributed by atoms with E-state index >= 15 is 0 Å². The average molecular weight is 513 g/mol. The number of ether oxygens (including phenoxy) is 1. The Morgan fingerprint density at radius 3 is 2.62 bits per heavy atom. The van der Waals surface area contributed by atoms with E-state index in [-0.39, 0.29) is 17.5 Å². The first kappa shape index (κ1) is 19.9. The molecule has 4 rings (SSSR count). The number of halogens is 4. The quantitative estimate of drug-likeness (QED) is 0.357. The van der Waals surface area contributed by atoms with E-state index < -0.39 is 33.2 Å². The van der Waals surface area contributed by atoms with Gasteiger partial charge >= 0.3 is 177 Å². The minimum atomic E-state index is -4.39. The molecule has 0 N–H and O–H groups in total. The van der Waals surface area contributed by atoms with E-state index in [1.54, 1.807) is 12.1 Å². The first-order chi connectivity index (χ1) is 13.9. The summed E-state index contributed by atoms with van der Waals surface area (Å²) in [5, 5.41) is 0. The van der Waals surface area contributed by atoms with E-state index in [0.717, 1.165) is 18.6 Å². The Balaban J connectivity index is 1.60. The number of allylic oxidation sites excluding steroid dienone is 3. The molecule has 29 heavy (non-hydrogen) atoms. The molecule has 1 aliphatic carbocycles. The van der Waals surface area contributed by atoms with Crippen LogP contribution in [0.3, 0.4) is 0 Å². The average Bonchev–Trinajstić information content (AvgIpc) is 2.87. The van der Waals surface area contributed by atoms with Crippen LogP contribution in [0, 0.1) is 5.92 Å². The first-order valence-corrected chi connectivity index (χ1v) is 11.5. The van der Waals surface area contributed by atoms with Crippen LogP contribution in [0.5, 0.6) is 5.75 Å². The zero-order valence-corrected chi connectivity index (χ0v) is 17.4. The van der Waals surface area contributed by atoms with Crippen LogP contribution in [0.1, 0.15) is 22.5 Å². The number of fused-ring (bicyclic) bond motifs is 1. The number of hydrogen-bond acceptors (Lipinski definition) is 3. The predicted octanol–water partition coefficient (Wildman–Crippen LogP) is 1.70. The van der Waals surface area contributed by atoms with Crippen LogP contribution in [-0.2, 0) is 6.18 Å². The van der Waals surface area contributed by atoms with E-state index in [9.17, 15) is 18.0 Å². The van der Waals surface area contributed by atoms with Gasteiger partial charge in [0, 0.05) is 0 Å². The van der Waals surface area contributed by atoms with Gasteiger partial charge in [0.05, 0.1) is 0 Å². The van der Waals surface area contributed by atoms with Crippen molar-refractivity contribution in [2.24, 2.45) is 5.92 Å². The number of carbonyl (C=O) groups is 1. The Hall–Kier alpha value is -2.36. The Kier molecular flexibility index (Phi) is 5.62. The van der Waals surface area contributed by atoms with Crippen LogP contribution in [0.15, 0.2) is 60.7 Å². The molecule has 4 nitrogen and oxygen atoms in total. The SMILES string of the molecule is O=C1c2nc(-c3ccc(C(F)(F)F)cc3)ccc2OC[I-]N1CC1C=CC=CC1. The van der Waals surface area contributed by atoms with Crippen LogP contribution in [0.25, 0.3) is 11.3 Å². The predicted molar refractivity (Wildman–Crippen MR) is 97.6 cm³/mol. The normalized spacial score (nSPS) is 19.2. The van der Waals surface area contributed by atoms with Gasteiger partial charge in [0.1, 0.15) is 0 Å². The van der Waals surface area contributed by atoms with Crippen LogP contribution < -0.4 is 26.2 Å². The zero-order valence-electron chi connectivity index (χ0n) is 15.2. The number of benzene rings is 1. The molecule has 0 fully saturated rings. The molecule has 0 radical (unpaired) electrons. The number of pyridine rings is 1. The first-order valence-electron chi connectivity index (χ1n) is 8.98. The molecule has 0 spiro atoms. The van der Waals surface area contributed by atoms with E-state index in [1.165, 1.54) is 12.1 Å². The molecule has 2 aromatic rings. The fourth-order valence-corrected chi connectivity index (χ4v) is 5.26. The van der Waals surface area contributed by atoms with Crippen LogP contribution in [-0.4, -0.2) is 25.2 Å². The van der Waals surface area contributed by atoms with Gasteiger partial charge in [0.15, 0.2) is 0 Å². The van der Waals surface area contributed by atoms with E-state index in [1.807, 2.05) is 15.3 Å². The molecule has 1 aromatic carbocycles. The van der Waals surface area contributed by atoms with Crippen LogP contribution in [0.4, 0.5) is 13.2 Å². The third kappa shape index (κ3) is 4.47. The summed E-state index contributed by atoms with van der Waals surface area (Å²) in [4.78, 5) is 17.5. The van der Waals surface area contributed by atoms with Crippen molar-refractivity contribution in [3.8, 4) is 17.0 Å². The Morgan fingerprint density at radius 2 is 1.93 bits per heavy atom. The number of aromatic nitrogens is 1. The molecular formula is C21H17F3IN2O2-. The van der Waals surface area contributed by atoms with Crippen molar-refractivity contribution in [3.05, 3.63) is 72.0 Å². The van der Waals surface area contributed by atoms with Gasteiger partial charge in [-0.15, -0.1) is 0 Å². The minimum absolute atomic E-state index is 0.179. The topological polar surface area (TPSA) is 42.4 Å². The number of carbonyl (C=O) groups excluding carboxylic acids is 1. The summed E-state index contributed by atoms with van der Waals surface area (Å²) in [5.41, 5.74) is 0.449. The third-order valence-corrected chi connectivity index (χ3v) is 6.90. The van der Waals surface area contributed by atoms with Crippen LogP contribution >= 0.6 is 0 Å². The number of hydrogen-bond donors (Lipinski definition) is 0. The van der Waals surface area contributed by atoms with Crippen molar-refractivity contribution in [2.45, 2.75) is 12.6 Å². The third-order valence-electron chi connectivity index (χ3n) is 4.66. The van der Waals surface area contributed by atoms with Gasteiger partial charge in [0.2, 0.25) is 0 Å². The van der Waals surface area contributed by atoms with E-state index in [4.69, 9.17) is 4.74 Å². The van der Waals surface area contributed by atoms with Crippen molar-refractivity contribution < 1.29 is 44.2 Å². The molecule has 0 saturated heterocycles. The Bertz CT molecular complexity index is 971. The van der Waals surface area contributed by atoms with E-state index in [0.29, 0.717) is 28.2 Å². The monoisotopic (exact) mass is 513 g/mol. The van der Waals surface area contributed by atoms with E-state index in [2.05, 4.69) is 17.1 Å². The van der Waals surface area contributed by atoms with Gasteiger partial charge in [-0.1, -0.05) is 0 Å². The van der Waals surface area contributed by atoms with Crippen molar-refractivity contribution in [3.63, 3.8) is 0 Å². The maximum absolute atomic E-state index is 13.1. The van der Waals surface area contributed by atoms with Crippen LogP contribution in [0.2, 0.25) is 0 Å². The maximum atomic E-state index is 13.1. The molecule has 0 saturated carbocycles. The summed E-state index contributed by atoms with van der Waals surface area (Å²) in [6.07, 6.45) is 4.64. The van der Waals surface area contributed by atoms with Gasteiger partial charge in [0.25, 0.3) is 0 Å². The van der Waals surface area contributed by atoms with Crippen molar-refractivity contribution in [1.82, 2.24) is 8.10 Å². The van der Waals surface area contributed by atoms with Gasteiger partial charge in [-0.3, -0.25) is 0 Å². The molecule has 1 aromatic heterocycles. The molecule has 152 valence electrons. The second-order valence-corrected chi connectivity index (χ2v) is 9.12. The molecule has 8 heteroatoms. The summed E-state index contributed by atoms with van der Waals surface area (Å²) < 4.78 is 46.4. The van der Waals surface area contributed by atoms with Crippen molar-refractivity contribution >= 4 is 5.91 Å². The summed E-state index contributed by atoms with van der Waals surface area (Å²) in [7, 11) is 0. The molecule has 0 bridgehead atoms. The standard InChI is InChI=1S/C21H17F3IN2O2/c22-21(23,24)16-8-6-15(7-9-16)17-10-11-18-19(26-17)20(28)27(25-13-29-18)12-14-4-2-1-3-5-14/h1-4,6-11,14H,5,12-13H2/q-1. The Labute approximate surface area is 176 Å². The summed E-state index contributed by atoms with van der Waals surface area (Å²) >= 11 is -0.639. The summed E-state index contributed by atoms with van der Waals surface area (Å²) in [6, 6.07) is 8.09. The molecule has 2 heterocycles. The molecule has 1 unspecified atom stereocenters. The van der Waals surface area contributed by atoms with Gasteiger partial charge in [-0.2, -0.15) is 0 Å². The number of nitrogens with zero attached hydrogens (tertiary/aromatic N) is 2. The van der Waals surface area contributed by atoms with Gasteiger partial charge < -0.3 is 0 Å². The molecular weight excluding hydrogens is 496 g/mol. The van der Waals surface area contributed by atoms with Crippen molar-refractivity contribution in [2.75, 3.05) is 11.2 Å². The Morgan fingerprint density at radius 1 is 1.14 bits per heavy atom. The van der Waals surface area contributed by atoms with Gasteiger partial charge in [-0.05, 0) is 0 Å². The number of alkyl halides is 4. The number of rotatable bonds is 3. The molecule has 1 amide bonds. The second kappa shape index (κ2) is 8.17. The summed E-state index contributed by atoms with van der Waals surface area (Å²) in [5.74, 6) is 0.511. The summed E-state index contributed by atoms with van der Waals surface area (Å²) in [6.45, 7) is 0.613. The second-order valence-electron chi connectivity index (χ2n) is 6.65. The molecule has 1 aliphatic heterocycles. The zero-order chi connectivity index (χ0) is 20.4. The molecule has 1 atom stereocenters. The number of amides is 1. The fraction of sp³-hybridized carbons (Fsp3) is 0.238. The fourth-order valence-electron chi connectivity index (χ4n) is 3.12. The van der Waals surface area contributed by atoms with Crippen molar-refractivity contribution in [1.29, 1.82) is 0 Å². The van der Waals surface area contributed by atoms with Gasteiger partial charge in [-0.25, -0.2) is 0 Å².